The van der Waals surface area contributed by atoms with Gasteiger partial charge in [0.1, 0.15) is 11.5 Å². The number of sulfone groups is 1. The molecule has 0 radical (unpaired) electrons. The Balaban J connectivity index is 2.73. The number of hydrogen-bond donors (Lipinski definition) is 0. The molecule has 84 valence electrons. The van der Waals surface area contributed by atoms with Gasteiger partial charge in [-0.3, -0.25) is 4.79 Å². The van der Waals surface area contributed by atoms with Gasteiger partial charge in [-0.15, -0.1) is 0 Å². The highest BCUT2D eigenvalue weighted by molar-refractivity contribution is 7.90. The molecular weight excluding hydrogens is 216 g/mol. The van der Waals surface area contributed by atoms with Crippen LogP contribution in [0.4, 0.5) is 0 Å². The molecule has 1 rings (SSSR count). The van der Waals surface area contributed by atoms with E-state index in [1.807, 2.05) is 13.8 Å². The van der Waals surface area contributed by atoms with E-state index < -0.39 is 9.84 Å². The molecule has 1 heterocycles. The molecule has 0 unspecified atom stereocenters. The van der Waals surface area contributed by atoms with Crippen LogP contribution in [0.5, 0.6) is 0 Å². The summed E-state index contributed by atoms with van der Waals surface area (Å²) in [5.41, 5.74) is 0. The van der Waals surface area contributed by atoms with Crippen LogP contribution in [0.25, 0.3) is 0 Å². The van der Waals surface area contributed by atoms with Gasteiger partial charge in [-0.1, -0.05) is 13.8 Å². The Kier molecular flexibility index (Phi) is 3.68. The maximum absolute atomic E-state index is 11.6. The second-order valence-electron chi connectivity index (χ2n) is 3.87. The molecule has 0 aliphatic carbocycles. The molecule has 1 aromatic rings. The van der Waals surface area contributed by atoms with Crippen LogP contribution in [0.3, 0.4) is 0 Å². The van der Waals surface area contributed by atoms with Gasteiger partial charge in [0.05, 0.1) is 5.75 Å². The van der Waals surface area contributed by atoms with Crippen molar-refractivity contribution in [1.29, 1.82) is 0 Å². The number of furan rings is 1. The summed E-state index contributed by atoms with van der Waals surface area (Å²) in [5.74, 6) is 0.557. The first-order valence-electron chi connectivity index (χ1n) is 4.67. The summed E-state index contributed by atoms with van der Waals surface area (Å²) in [5, 5.41) is 0. The maximum atomic E-state index is 11.6. The summed E-state index contributed by atoms with van der Waals surface area (Å²) >= 11 is 0. The van der Waals surface area contributed by atoms with Crippen LogP contribution < -0.4 is 0 Å². The summed E-state index contributed by atoms with van der Waals surface area (Å²) in [6.07, 6.45) is 0.554. The number of rotatable bonds is 5. The predicted octanol–water partition coefficient (Wildman–Crippen LogP) is 1.66. The third-order valence-corrected chi connectivity index (χ3v) is 3.65. The average Bonchev–Trinajstić information content (AvgIpc) is 2.48. The minimum Gasteiger partial charge on any atom is -0.457 e. The molecule has 0 aliphatic rings. The van der Waals surface area contributed by atoms with Gasteiger partial charge in [0.2, 0.25) is 0 Å². The van der Waals surface area contributed by atoms with Crippen molar-refractivity contribution in [3.05, 3.63) is 23.7 Å². The maximum Gasteiger partial charge on any atom is 0.185 e. The average molecular weight is 230 g/mol. The van der Waals surface area contributed by atoms with E-state index in [9.17, 15) is 13.2 Å². The smallest absolute Gasteiger partial charge is 0.185 e. The molecule has 0 spiro atoms. The molecule has 0 aromatic carbocycles. The fourth-order valence-corrected chi connectivity index (χ4v) is 3.04. The Hall–Kier alpha value is -1.10. The van der Waals surface area contributed by atoms with E-state index in [4.69, 9.17) is 4.42 Å². The number of carbonyl (C=O) groups excluding carboxylic acids is 1. The minimum absolute atomic E-state index is 0.0931. The molecule has 5 heteroatoms. The lowest BCUT2D eigenvalue weighted by atomic mass is 10.3. The first-order chi connectivity index (χ1) is 6.93. The van der Waals surface area contributed by atoms with Gasteiger partial charge in [-0.05, 0) is 18.1 Å². The van der Waals surface area contributed by atoms with Crippen molar-refractivity contribution in [1.82, 2.24) is 0 Å². The standard InChI is InChI=1S/C10H14O4S/c1-8(2)6-15(12,13)7-10-4-3-9(5-11)14-10/h3-5,8H,6-7H2,1-2H3. The van der Waals surface area contributed by atoms with Crippen molar-refractivity contribution in [2.75, 3.05) is 5.75 Å². The van der Waals surface area contributed by atoms with Gasteiger partial charge < -0.3 is 4.42 Å². The minimum atomic E-state index is -3.14. The first-order valence-corrected chi connectivity index (χ1v) is 6.49. The van der Waals surface area contributed by atoms with Crippen molar-refractivity contribution in [3.8, 4) is 0 Å². The molecule has 0 saturated carbocycles. The molecule has 1 aromatic heterocycles. The monoisotopic (exact) mass is 230 g/mol. The lowest BCUT2D eigenvalue weighted by Crippen LogP contribution is -2.13. The summed E-state index contributed by atoms with van der Waals surface area (Å²) in [6, 6.07) is 2.98. The third kappa shape index (κ3) is 3.87. The largest absolute Gasteiger partial charge is 0.457 e. The van der Waals surface area contributed by atoms with E-state index in [1.165, 1.54) is 12.1 Å². The Morgan fingerprint density at radius 3 is 2.53 bits per heavy atom. The van der Waals surface area contributed by atoms with Gasteiger partial charge in [0.15, 0.2) is 21.9 Å². The van der Waals surface area contributed by atoms with Crippen LogP contribution in [0.15, 0.2) is 16.5 Å². The molecule has 0 N–H and O–H groups in total. The lowest BCUT2D eigenvalue weighted by molar-refractivity contribution is 0.109. The van der Waals surface area contributed by atoms with Gasteiger partial charge >= 0.3 is 0 Å². The van der Waals surface area contributed by atoms with E-state index in [2.05, 4.69) is 0 Å². The van der Waals surface area contributed by atoms with Crippen LogP contribution in [0.1, 0.15) is 30.2 Å². The fraction of sp³-hybridized carbons (Fsp3) is 0.500. The van der Waals surface area contributed by atoms with Crippen molar-refractivity contribution in [2.24, 2.45) is 5.92 Å². The Morgan fingerprint density at radius 1 is 1.40 bits per heavy atom. The number of aldehydes is 1. The van der Waals surface area contributed by atoms with E-state index in [-0.39, 0.29) is 23.2 Å². The van der Waals surface area contributed by atoms with Gasteiger partial charge in [0, 0.05) is 0 Å². The highest BCUT2D eigenvalue weighted by atomic mass is 32.2. The van der Waals surface area contributed by atoms with E-state index in [0.717, 1.165) is 0 Å². The zero-order valence-electron chi connectivity index (χ0n) is 8.76. The van der Waals surface area contributed by atoms with Gasteiger partial charge in [-0.25, -0.2) is 8.42 Å². The van der Waals surface area contributed by atoms with Crippen LogP contribution in [0, 0.1) is 5.92 Å². The molecule has 15 heavy (non-hydrogen) atoms. The van der Waals surface area contributed by atoms with Crippen LogP contribution in [-0.4, -0.2) is 20.5 Å². The molecule has 0 saturated heterocycles. The second kappa shape index (κ2) is 4.61. The molecule has 0 fully saturated rings. The van der Waals surface area contributed by atoms with Crippen molar-refractivity contribution in [2.45, 2.75) is 19.6 Å². The van der Waals surface area contributed by atoms with Crippen molar-refractivity contribution >= 4 is 16.1 Å². The summed E-state index contributed by atoms with van der Waals surface area (Å²) in [6.45, 7) is 3.69. The van der Waals surface area contributed by atoms with Crippen molar-refractivity contribution in [3.63, 3.8) is 0 Å². The summed E-state index contributed by atoms with van der Waals surface area (Å²) in [7, 11) is -3.14. The highest BCUT2D eigenvalue weighted by Crippen LogP contribution is 2.12. The topological polar surface area (TPSA) is 64.3 Å². The van der Waals surface area contributed by atoms with Crippen LogP contribution in [0.2, 0.25) is 0 Å². The van der Waals surface area contributed by atoms with Crippen molar-refractivity contribution < 1.29 is 17.6 Å². The van der Waals surface area contributed by atoms with Gasteiger partial charge in [-0.2, -0.15) is 0 Å². The number of hydrogen-bond acceptors (Lipinski definition) is 4. The van der Waals surface area contributed by atoms with Crippen LogP contribution in [-0.2, 0) is 15.6 Å². The Bertz CT molecular complexity index is 428. The molecule has 4 nitrogen and oxygen atoms in total. The van der Waals surface area contributed by atoms with E-state index >= 15 is 0 Å². The Morgan fingerprint density at radius 2 is 2.07 bits per heavy atom. The highest BCUT2D eigenvalue weighted by Gasteiger charge is 2.16. The molecule has 0 amide bonds. The number of carbonyl (C=O) groups is 1. The zero-order valence-corrected chi connectivity index (χ0v) is 9.58. The first kappa shape index (κ1) is 12.0. The zero-order chi connectivity index (χ0) is 11.5. The van der Waals surface area contributed by atoms with Gasteiger partial charge in [0.25, 0.3) is 0 Å². The SMILES string of the molecule is CC(C)CS(=O)(=O)Cc1ccc(C=O)o1. The molecule has 0 bridgehead atoms. The Labute approximate surface area is 89.2 Å². The fourth-order valence-electron chi connectivity index (χ4n) is 1.32. The molecule has 0 atom stereocenters. The normalized spacial score (nSPS) is 11.9. The second-order valence-corrected chi connectivity index (χ2v) is 5.98. The van der Waals surface area contributed by atoms with E-state index in [0.29, 0.717) is 12.0 Å². The summed E-state index contributed by atoms with van der Waals surface area (Å²) in [4.78, 5) is 10.3. The molecule has 0 aliphatic heterocycles. The third-order valence-electron chi connectivity index (χ3n) is 1.75. The predicted molar refractivity (Wildman–Crippen MR) is 56.4 cm³/mol. The molecular formula is C10H14O4S. The van der Waals surface area contributed by atoms with Crippen LogP contribution >= 0.6 is 0 Å². The lowest BCUT2D eigenvalue weighted by Gasteiger charge is -2.04. The van der Waals surface area contributed by atoms with E-state index in [1.54, 1.807) is 0 Å². The summed E-state index contributed by atoms with van der Waals surface area (Å²) < 4.78 is 28.1. The quantitative estimate of drug-likeness (QED) is 0.722.